The molecule has 2 fully saturated rings. The van der Waals surface area contributed by atoms with Crippen molar-refractivity contribution in [3.05, 3.63) is 11.7 Å². The highest BCUT2D eigenvalue weighted by Gasteiger charge is 2.37. The molecule has 1 amide bonds. The zero-order valence-corrected chi connectivity index (χ0v) is 12.6. The van der Waals surface area contributed by atoms with Gasteiger partial charge in [0.05, 0.1) is 5.92 Å². The van der Waals surface area contributed by atoms with Crippen molar-refractivity contribution in [2.45, 2.75) is 63.5 Å². The van der Waals surface area contributed by atoms with Crippen LogP contribution in [0.2, 0.25) is 0 Å². The number of ether oxygens (including phenoxy) is 1. The number of rotatable bonds is 4. The van der Waals surface area contributed by atoms with Gasteiger partial charge in [-0.15, -0.1) is 0 Å². The van der Waals surface area contributed by atoms with Gasteiger partial charge in [-0.05, 0) is 12.8 Å². The highest BCUT2D eigenvalue weighted by atomic mass is 16.5. The molecule has 0 aromatic carbocycles. The van der Waals surface area contributed by atoms with Gasteiger partial charge in [-0.1, -0.05) is 30.8 Å². The molecule has 3 rings (SSSR count). The van der Waals surface area contributed by atoms with Gasteiger partial charge >= 0.3 is 0 Å². The molecule has 0 radical (unpaired) electrons. The van der Waals surface area contributed by atoms with Crippen LogP contribution < -0.4 is 0 Å². The molecule has 0 unspecified atom stereocenters. The summed E-state index contributed by atoms with van der Waals surface area (Å²) in [6, 6.07) is 0.409. The minimum Gasteiger partial charge on any atom is -0.377 e. The lowest BCUT2D eigenvalue weighted by atomic mass is 10.1. The Bertz CT molecular complexity index is 480. The standard InChI is InChI=1S/C15H23N3O3/c1-20-10-13-16-15(21-17-13)11-8-14(19)18(9-11)12-6-4-2-3-5-7-12/h11-12H,2-10H2,1H3/t11-/m0/s1. The molecule has 1 aromatic heterocycles. The molecule has 0 N–H and O–H groups in total. The Morgan fingerprint density at radius 3 is 2.76 bits per heavy atom. The molecular formula is C15H23N3O3. The molecule has 6 heteroatoms. The van der Waals surface area contributed by atoms with Crippen LogP contribution in [0.25, 0.3) is 0 Å². The van der Waals surface area contributed by atoms with Crippen LogP contribution >= 0.6 is 0 Å². The monoisotopic (exact) mass is 293 g/mol. The van der Waals surface area contributed by atoms with Crippen molar-refractivity contribution >= 4 is 5.91 Å². The van der Waals surface area contributed by atoms with Crippen LogP contribution in [-0.2, 0) is 16.1 Å². The first-order chi connectivity index (χ1) is 10.3. The molecule has 21 heavy (non-hydrogen) atoms. The fourth-order valence-electron chi connectivity index (χ4n) is 3.44. The van der Waals surface area contributed by atoms with E-state index in [4.69, 9.17) is 9.26 Å². The maximum absolute atomic E-state index is 12.3. The van der Waals surface area contributed by atoms with E-state index in [0.29, 0.717) is 30.8 Å². The first-order valence-electron chi connectivity index (χ1n) is 7.89. The summed E-state index contributed by atoms with van der Waals surface area (Å²) in [5, 5.41) is 3.89. The second-order valence-electron chi connectivity index (χ2n) is 6.07. The molecule has 1 aromatic rings. The van der Waals surface area contributed by atoms with Crippen LogP contribution in [0, 0.1) is 0 Å². The number of methoxy groups -OCH3 is 1. The number of hydrogen-bond acceptors (Lipinski definition) is 5. The number of carbonyl (C=O) groups is 1. The molecule has 0 spiro atoms. The minimum absolute atomic E-state index is 0.0406. The van der Waals surface area contributed by atoms with Crippen molar-refractivity contribution in [3.8, 4) is 0 Å². The number of carbonyl (C=O) groups excluding carboxylic acids is 1. The van der Waals surface area contributed by atoms with Gasteiger partial charge in [0.25, 0.3) is 0 Å². The van der Waals surface area contributed by atoms with Gasteiger partial charge in [0.2, 0.25) is 11.8 Å². The van der Waals surface area contributed by atoms with Crippen molar-refractivity contribution < 1.29 is 14.1 Å². The maximum Gasteiger partial charge on any atom is 0.232 e. The molecule has 2 aliphatic rings. The van der Waals surface area contributed by atoms with Crippen LogP contribution in [-0.4, -0.2) is 40.6 Å². The van der Waals surface area contributed by atoms with Gasteiger partial charge in [-0.25, -0.2) is 0 Å². The summed E-state index contributed by atoms with van der Waals surface area (Å²) in [6.45, 7) is 1.06. The summed E-state index contributed by atoms with van der Waals surface area (Å²) < 4.78 is 10.3. The average Bonchev–Trinajstić information content (AvgIpc) is 2.98. The zero-order chi connectivity index (χ0) is 14.7. The summed E-state index contributed by atoms with van der Waals surface area (Å²) in [6.07, 6.45) is 7.83. The lowest BCUT2D eigenvalue weighted by Crippen LogP contribution is -2.36. The summed E-state index contributed by atoms with van der Waals surface area (Å²) in [4.78, 5) is 18.7. The average molecular weight is 293 g/mol. The Kier molecular flexibility index (Phi) is 4.53. The fourth-order valence-corrected chi connectivity index (χ4v) is 3.44. The van der Waals surface area contributed by atoms with Crippen LogP contribution in [0.15, 0.2) is 4.52 Å². The van der Waals surface area contributed by atoms with Crippen molar-refractivity contribution in [2.75, 3.05) is 13.7 Å². The molecule has 0 bridgehead atoms. The highest BCUT2D eigenvalue weighted by Crippen LogP contribution is 2.32. The predicted molar refractivity (Wildman–Crippen MR) is 75.6 cm³/mol. The zero-order valence-electron chi connectivity index (χ0n) is 12.6. The first kappa shape index (κ1) is 14.5. The van der Waals surface area contributed by atoms with Crippen molar-refractivity contribution in [1.82, 2.24) is 15.0 Å². The van der Waals surface area contributed by atoms with Crippen LogP contribution in [0.5, 0.6) is 0 Å². The summed E-state index contributed by atoms with van der Waals surface area (Å²) >= 11 is 0. The van der Waals surface area contributed by atoms with E-state index in [2.05, 4.69) is 15.0 Å². The van der Waals surface area contributed by atoms with Gasteiger partial charge in [-0.3, -0.25) is 4.79 Å². The highest BCUT2D eigenvalue weighted by molar-refractivity contribution is 5.79. The number of likely N-dealkylation sites (tertiary alicyclic amines) is 1. The third-order valence-corrected chi connectivity index (χ3v) is 4.53. The predicted octanol–water partition coefficient (Wildman–Crippen LogP) is 2.25. The van der Waals surface area contributed by atoms with Gasteiger partial charge in [-0.2, -0.15) is 4.98 Å². The third kappa shape index (κ3) is 3.26. The summed E-state index contributed by atoms with van der Waals surface area (Å²) in [7, 11) is 1.60. The Hall–Kier alpha value is -1.43. The fraction of sp³-hybridized carbons (Fsp3) is 0.800. The van der Waals surface area contributed by atoms with Crippen molar-refractivity contribution in [2.24, 2.45) is 0 Å². The molecule has 6 nitrogen and oxygen atoms in total. The quantitative estimate of drug-likeness (QED) is 0.796. The van der Waals surface area contributed by atoms with Gasteiger partial charge < -0.3 is 14.2 Å². The van der Waals surface area contributed by atoms with Gasteiger partial charge in [0.15, 0.2) is 5.82 Å². The number of aromatic nitrogens is 2. The summed E-state index contributed by atoms with van der Waals surface area (Å²) in [5.74, 6) is 1.40. The van der Waals surface area contributed by atoms with Crippen molar-refractivity contribution in [1.29, 1.82) is 0 Å². The molecule has 1 saturated heterocycles. The third-order valence-electron chi connectivity index (χ3n) is 4.53. The van der Waals surface area contributed by atoms with Gasteiger partial charge in [0, 0.05) is 26.1 Å². The van der Waals surface area contributed by atoms with Crippen molar-refractivity contribution in [3.63, 3.8) is 0 Å². The topological polar surface area (TPSA) is 68.5 Å². The van der Waals surface area contributed by atoms with Crippen LogP contribution in [0.4, 0.5) is 0 Å². The number of amides is 1. The Labute approximate surface area is 124 Å². The van der Waals surface area contributed by atoms with E-state index >= 15 is 0 Å². The van der Waals surface area contributed by atoms with E-state index in [0.717, 1.165) is 19.4 Å². The number of hydrogen-bond donors (Lipinski definition) is 0. The van der Waals surface area contributed by atoms with Gasteiger partial charge in [0.1, 0.15) is 6.61 Å². The Morgan fingerprint density at radius 2 is 2.05 bits per heavy atom. The number of nitrogens with zero attached hydrogens (tertiary/aromatic N) is 3. The SMILES string of the molecule is COCc1noc([C@H]2CC(=O)N(C3CCCCCC3)C2)n1. The molecule has 1 aliphatic carbocycles. The van der Waals surface area contributed by atoms with Crippen LogP contribution in [0.3, 0.4) is 0 Å². The smallest absolute Gasteiger partial charge is 0.232 e. The summed E-state index contributed by atoms with van der Waals surface area (Å²) in [5.41, 5.74) is 0. The molecule has 1 aliphatic heterocycles. The Balaban J connectivity index is 1.65. The maximum atomic E-state index is 12.3. The lowest BCUT2D eigenvalue weighted by Gasteiger charge is -2.26. The van der Waals surface area contributed by atoms with E-state index in [1.165, 1.54) is 25.7 Å². The van der Waals surface area contributed by atoms with E-state index in [9.17, 15) is 4.79 Å². The second-order valence-corrected chi connectivity index (χ2v) is 6.07. The molecule has 116 valence electrons. The minimum atomic E-state index is 0.0406. The molecular weight excluding hydrogens is 270 g/mol. The van der Waals surface area contributed by atoms with E-state index in [1.807, 2.05) is 0 Å². The molecule has 1 saturated carbocycles. The lowest BCUT2D eigenvalue weighted by molar-refractivity contribution is -0.129. The largest absolute Gasteiger partial charge is 0.377 e. The normalized spacial score (nSPS) is 24.5. The van der Waals surface area contributed by atoms with E-state index in [-0.39, 0.29) is 11.8 Å². The first-order valence-corrected chi connectivity index (χ1v) is 7.89. The van der Waals surface area contributed by atoms with Crippen LogP contribution in [0.1, 0.15) is 62.6 Å². The van der Waals surface area contributed by atoms with E-state index in [1.54, 1.807) is 7.11 Å². The molecule has 2 heterocycles. The molecule has 1 atom stereocenters. The second kappa shape index (κ2) is 6.56. The Morgan fingerprint density at radius 1 is 1.29 bits per heavy atom. The van der Waals surface area contributed by atoms with E-state index < -0.39 is 0 Å².